The van der Waals surface area contributed by atoms with Crippen LogP contribution in [0.4, 0.5) is 23.4 Å². The SMILES string of the molecule is C=CN(c1nc(N)[nH]c(=O)c1NC)[C@@H]1O[C@H](COP(=O)(OC)OP(=O)(OC)C(C=NCCNP(=O)(OC)OC[C@H]2O[C@@H](n3cnc4c(=O)[nH]c(N)nc43)C(O)C2O)=NN)C(O)C1O. The minimum absolute atomic E-state index is 0.0297. The third kappa shape index (κ3) is 10.7. The number of ether oxygens (including phenoxy) is 2. The molecule has 2 fully saturated rings. The molecule has 3 aromatic rings. The fourth-order valence-electron chi connectivity index (χ4n) is 6.01. The largest absolute Gasteiger partial charge is 0.482 e. The lowest BCUT2D eigenvalue weighted by Gasteiger charge is -2.29. The summed E-state index contributed by atoms with van der Waals surface area (Å²) in [5.74, 6) is 4.81. The van der Waals surface area contributed by atoms with E-state index in [1.807, 2.05) is 0 Å². The van der Waals surface area contributed by atoms with Crippen LogP contribution in [-0.2, 0) is 50.1 Å². The van der Waals surface area contributed by atoms with Gasteiger partial charge in [0.05, 0.1) is 32.3 Å². The third-order valence-electron chi connectivity index (χ3n) is 9.17. The van der Waals surface area contributed by atoms with E-state index in [1.165, 1.54) is 11.6 Å². The maximum atomic E-state index is 13.7. The molecule has 31 nitrogen and oxygen atoms in total. The Labute approximate surface area is 355 Å². The molecule has 2 saturated heterocycles. The molecule has 0 aromatic carbocycles. The summed E-state index contributed by atoms with van der Waals surface area (Å²) < 4.78 is 83.9. The molecular weight excluding hydrogens is 909 g/mol. The minimum Gasteiger partial charge on any atom is -0.387 e. The third-order valence-corrected chi connectivity index (χ3v) is 14.6. The molecule has 2 aliphatic rings. The topological polar surface area (TPSA) is 445 Å². The van der Waals surface area contributed by atoms with Gasteiger partial charge in [-0.1, -0.05) is 6.58 Å². The molecule has 0 bridgehead atoms. The highest BCUT2D eigenvalue weighted by atomic mass is 31.3. The van der Waals surface area contributed by atoms with Gasteiger partial charge in [0.25, 0.3) is 11.1 Å². The highest BCUT2D eigenvalue weighted by Gasteiger charge is 2.49. The maximum Gasteiger partial charge on any atom is 0.482 e. The number of aliphatic hydroxyl groups excluding tert-OH is 4. The van der Waals surface area contributed by atoms with Crippen molar-refractivity contribution in [1.82, 2.24) is 34.6 Å². The molecule has 7 unspecified atom stereocenters. The highest BCUT2D eigenvalue weighted by molar-refractivity contribution is 7.79. The summed E-state index contributed by atoms with van der Waals surface area (Å²) in [5, 5.41) is 51.5. The van der Waals surface area contributed by atoms with Crippen LogP contribution in [0.1, 0.15) is 6.23 Å². The predicted octanol–water partition coefficient (Wildman–Crippen LogP) is -2.54. The second-order valence-electron chi connectivity index (χ2n) is 13.0. The van der Waals surface area contributed by atoms with E-state index in [9.17, 15) is 43.7 Å². The zero-order valence-electron chi connectivity index (χ0n) is 33.7. The van der Waals surface area contributed by atoms with Crippen molar-refractivity contribution in [3.8, 4) is 0 Å². The van der Waals surface area contributed by atoms with Crippen LogP contribution in [0.3, 0.4) is 0 Å². The first kappa shape index (κ1) is 49.5. The van der Waals surface area contributed by atoms with E-state index in [4.69, 9.17) is 53.7 Å². The lowest BCUT2D eigenvalue weighted by Crippen LogP contribution is -2.42. The number of hydrogen-bond acceptors (Lipinski definition) is 27. The van der Waals surface area contributed by atoms with Crippen molar-refractivity contribution in [1.29, 1.82) is 0 Å². The van der Waals surface area contributed by atoms with Crippen molar-refractivity contribution in [2.24, 2.45) is 15.9 Å². The molecule has 0 saturated carbocycles. The fourth-order valence-corrected chi connectivity index (χ4v) is 10.1. The number of imidazole rings is 1. The number of nitrogen functional groups attached to an aromatic ring is 2. The molecule has 63 heavy (non-hydrogen) atoms. The summed E-state index contributed by atoms with van der Waals surface area (Å²) in [7, 11) is -9.54. The van der Waals surface area contributed by atoms with Gasteiger partial charge in [-0.15, -0.1) is 0 Å². The quantitative estimate of drug-likeness (QED) is 0.0162. The lowest BCUT2D eigenvalue weighted by molar-refractivity contribution is -0.0490. The first-order valence-corrected chi connectivity index (χ1v) is 22.6. The van der Waals surface area contributed by atoms with Gasteiger partial charge >= 0.3 is 23.2 Å². The van der Waals surface area contributed by atoms with Gasteiger partial charge in [0.15, 0.2) is 34.9 Å². The summed E-state index contributed by atoms with van der Waals surface area (Å²) in [5.41, 5.74) is 9.12. The van der Waals surface area contributed by atoms with Crippen LogP contribution < -0.4 is 43.7 Å². The van der Waals surface area contributed by atoms with E-state index in [0.29, 0.717) is 0 Å². The van der Waals surface area contributed by atoms with Crippen LogP contribution in [0.15, 0.2) is 38.8 Å². The summed E-state index contributed by atoms with van der Waals surface area (Å²) in [6, 6.07) is 0. The van der Waals surface area contributed by atoms with Crippen molar-refractivity contribution >= 4 is 69.4 Å². The molecule has 14 N–H and O–H groups in total. The summed E-state index contributed by atoms with van der Waals surface area (Å²) >= 11 is 0. The number of nitrogens with one attached hydrogen (secondary N) is 4. The van der Waals surface area contributed by atoms with E-state index >= 15 is 0 Å². The predicted molar refractivity (Wildman–Crippen MR) is 220 cm³/mol. The number of aliphatic imine (C=N–C) groups is 1. The molecule has 5 rings (SSSR count). The Morgan fingerprint density at radius 2 is 1.62 bits per heavy atom. The molecule has 0 radical (unpaired) electrons. The minimum atomic E-state index is -4.90. The fraction of sp³-hybridized carbons (Fsp3) is 0.552. The molecular formula is C29H47N14O17P3. The van der Waals surface area contributed by atoms with Crippen LogP contribution in [-0.4, -0.2) is 159 Å². The normalized spacial score (nSPS) is 27.0. The molecule has 0 amide bonds. The highest BCUT2D eigenvalue weighted by Crippen LogP contribution is 2.65. The molecule has 34 heteroatoms. The second-order valence-corrected chi connectivity index (χ2v) is 18.9. The molecule has 11 atom stereocenters. The summed E-state index contributed by atoms with van der Waals surface area (Å²) in [4.78, 5) is 46.3. The number of hydrogen-bond donors (Lipinski definition) is 11. The van der Waals surface area contributed by atoms with Crippen LogP contribution in [0.5, 0.6) is 0 Å². The molecule has 350 valence electrons. The van der Waals surface area contributed by atoms with E-state index in [0.717, 1.165) is 45.0 Å². The van der Waals surface area contributed by atoms with Gasteiger partial charge in [-0.05, 0) is 0 Å². The number of H-pyrrole nitrogens is 2. The zero-order valence-corrected chi connectivity index (χ0v) is 36.4. The Morgan fingerprint density at radius 1 is 0.968 bits per heavy atom. The summed E-state index contributed by atoms with van der Waals surface area (Å²) in [6.45, 7) is 1.78. The number of aromatic nitrogens is 6. The van der Waals surface area contributed by atoms with Crippen molar-refractivity contribution in [3.63, 3.8) is 0 Å². The van der Waals surface area contributed by atoms with E-state index in [2.05, 4.69) is 52.0 Å². The average Bonchev–Trinajstić information content (AvgIpc) is 3.89. The number of hydrazone groups is 1. The van der Waals surface area contributed by atoms with Gasteiger partial charge in [0.1, 0.15) is 42.3 Å². The van der Waals surface area contributed by atoms with Crippen molar-refractivity contribution in [3.05, 3.63) is 39.8 Å². The molecule has 2 aliphatic heterocycles. The number of fused-ring (bicyclic) bond motifs is 1. The number of nitrogens with zero attached hydrogens (tertiary/aromatic N) is 7. The molecule has 0 aliphatic carbocycles. The number of aliphatic hydroxyl groups is 4. The Balaban J connectivity index is 1.15. The smallest absolute Gasteiger partial charge is 0.387 e. The Hall–Kier alpha value is -4.52. The van der Waals surface area contributed by atoms with Crippen LogP contribution >= 0.6 is 23.2 Å². The van der Waals surface area contributed by atoms with Crippen LogP contribution in [0, 0.1) is 0 Å². The standard InChI is InChI=1S/C29H47N14O17P3/c1-6-42(22-16(33-2)24(48)39-28(30)37-22)26-20(46)19(45)14(58-26)11-57-63(52,55-5)60-61(50,53-3)15(41-32)9-34-7-8-36-62(51,54-4)56-10-13-18(44)21(47)27(59-13)43-12-35-17-23(43)38-29(31)40-25(17)49/h6,9,12-14,18-21,26-27,33,44-47H,1,7-8,10-11,32H2,2-5H3,(H,36,51)(H3,30,37,39,48)(H3,31,38,40,49)/t13-,14-,18?,19?,20?,21?,26-,27-,61?,62?,63?/m1/s1. The molecule has 0 spiro atoms. The lowest BCUT2D eigenvalue weighted by atomic mass is 10.1. The van der Waals surface area contributed by atoms with Gasteiger partial charge in [-0.2, -0.15) is 15.1 Å². The van der Waals surface area contributed by atoms with Crippen LogP contribution in [0.2, 0.25) is 0 Å². The van der Waals surface area contributed by atoms with Gasteiger partial charge in [0.2, 0.25) is 11.9 Å². The van der Waals surface area contributed by atoms with Crippen molar-refractivity contribution in [2.75, 3.05) is 76.4 Å². The first-order chi connectivity index (χ1) is 29.8. The Bertz CT molecular complexity index is 2440. The average molecular weight is 957 g/mol. The van der Waals surface area contributed by atoms with E-state index in [1.54, 1.807) is 0 Å². The van der Waals surface area contributed by atoms with Gasteiger partial charge < -0.3 is 66.5 Å². The number of phosphoric ester groups is 1. The molecule has 3 aromatic heterocycles. The van der Waals surface area contributed by atoms with Crippen LogP contribution in [0.25, 0.3) is 11.2 Å². The number of rotatable bonds is 22. The monoisotopic (exact) mass is 956 g/mol. The van der Waals surface area contributed by atoms with Crippen molar-refractivity contribution in [2.45, 2.75) is 49.1 Å². The number of aromatic amines is 2. The van der Waals surface area contributed by atoms with E-state index in [-0.39, 0.29) is 47.7 Å². The molecule has 5 heterocycles. The van der Waals surface area contributed by atoms with Gasteiger partial charge in [0, 0.05) is 41.1 Å². The second kappa shape index (κ2) is 20.5. The number of phosphoric acid groups is 1. The zero-order chi connectivity index (χ0) is 46.4. The van der Waals surface area contributed by atoms with E-state index < -0.39 is 102 Å². The Morgan fingerprint density at radius 3 is 2.25 bits per heavy atom. The Kier molecular flexibility index (Phi) is 16.1. The van der Waals surface area contributed by atoms with Gasteiger partial charge in [-0.25, -0.2) is 23.5 Å². The number of nitrogens with two attached hydrogens (primary N) is 3. The van der Waals surface area contributed by atoms with Crippen molar-refractivity contribution < 1.29 is 70.5 Å². The summed E-state index contributed by atoms with van der Waals surface area (Å²) in [6.07, 6.45) is -8.84. The van der Waals surface area contributed by atoms with Gasteiger partial charge in [-0.3, -0.25) is 47.3 Å². The first-order valence-electron chi connectivity index (χ1n) is 18.1. The number of anilines is 4. The maximum absolute atomic E-state index is 13.7.